The molecule has 1 aliphatic rings. The Morgan fingerprint density at radius 1 is 1.03 bits per heavy atom. The zero-order valence-electron chi connectivity index (χ0n) is 18.4. The van der Waals surface area contributed by atoms with Gasteiger partial charge in [-0.15, -0.1) is 0 Å². The van der Waals surface area contributed by atoms with E-state index >= 15 is 0 Å². The fourth-order valence-corrected chi connectivity index (χ4v) is 3.89. The molecule has 0 radical (unpaired) electrons. The predicted octanol–water partition coefficient (Wildman–Crippen LogP) is 3.10. The molecule has 0 bridgehead atoms. The van der Waals surface area contributed by atoms with Crippen LogP contribution in [0.4, 0.5) is 17.5 Å². The number of anilines is 3. The fraction of sp³-hybridized carbons (Fsp3) is 0.348. The van der Waals surface area contributed by atoms with Gasteiger partial charge in [-0.1, -0.05) is 0 Å². The van der Waals surface area contributed by atoms with Crippen molar-refractivity contribution in [2.24, 2.45) is 0 Å². The summed E-state index contributed by atoms with van der Waals surface area (Å²) in [4.78, 5) is 23.0. The number of nitrogen functional groups attached to an aromatic ring is 1. The molecule has 0 unspecified atom stereocenters. The lowest BCUT2D eigenvalue weighted by molar-refractivity contribution is 0.0601. The van der Waals surface area contributed by atoms with Gasteiger partial charge in [0, 0.05) is 36.3 Å². The number of rotatable bonds is 6. The van der Waals surface area contributed by atoms with E-state index in [-0.39, 0.29) is 5.97 Å². The molecule has 168 valence electrons. The van der Waals surface area contributed by atoms with Gasteiger partial charge in [0.15, 0.2) is 11.5 Å². The first kappa shape index (κ1) is 21.5. The molecule has 1 saturated heterocycles. The summed E-state index contributed by atoms with van der Waals surface area (Å²) in [6.45, 7) is 1.60. The second-order valence-corrected chi connectivity index (χ2v) is 7.61. The lowest BCUT2D eigenvalue weighted by Gasteiger charge is -2.33. The van der Waals surface area contributed by atoms with Gasteiger partial charge in [0.25, 0.3) is 0 Å². The van der Waals surface area contributed by atoms with E-state index in [1.54, 1.807) is 32.4 Å². The molecule has 2 heterocycles. The second kappa shape index (κ2) is 9.17. The first-order valence-electron chi connectivity index (χ1n) is 10.4. The topological polar surface area (TPSA) is 112 Å². The highest BCUT2D eigenvalue weighted by Crippen LogP contribution is 2.34. The number of hydrogen-bond acceptors (Lipinski definition) is 9. The van der Waals surface area contributed by atoms with Gasteiger partial charge in [0.1, 0.15) is 5.82 Å². The average molecular weight is 438 g/mol. The highest BCUT2D eigenvalue weighted by Gasteiger charge is 2.22. The van der Waals surface area contributed by atoms with E-state index in [9.17, 15) is 4.79 Å². The number of fused-ring (bicyclic) bond motifs is 1. The molecule has 0 saturated carbocycles. The summed E-state index contributed by atoms with van der Waals surface area (Å²) in [5, 5.41) is 4.27. The number of esters is 1. The number of benzene rings is 2. The number of nitrogens with two attached hydrogens (primary N) is 1. The van der Waals surface area contributed by atoms with E-state index in [1.807, 2.05) is 18.2 Å². The maximum absolute atomic E-state index is 11.6. The minimum Gasteiger partial charge on any atom is -0.493 e. The Labute approximate surface area is 186 Å². The number of piperidine rings is 1. The van der Waals surface area contributed by atoms with E-state index in [0.29, 0.717) is 34.9 Å². The molecule has 32 heavy (non-hydrogen) atoms. The number of ether oxygens (including phenoxy) is 3. The fourth-order valence-electron chi connectivity index (χ4n) is 3.89. The van der Waals surface area contributed by atoms with Crippen molar-refractivity contribution in [3.8, 4) is 11.5 Å². The third-order valence-electron chi connectivity index (χ3n) is 5.67. The Morgan fingerprint density at radius 3 is 2.31 bits per heavy atom. The minimum absolute atomic E-state index is 0.317. The van der Waals surface area contributed by atoms with Crippen LogP contribution < -0.4 is 25.4 Å². The number of hydrogen-bond donors (Lipinski definition) is 2. The van der Waals surface area contributed by atoms with Crippen LogP contribution in [0.2, 0.25) is 0 Å². The Morgan fingerprint density at radius 2 is 1.69 bits per heavy atom. The number of methoxy groups -OCH3 is 3. The summed E-state index contributed by atoms with van der Waals surface area (Å²) < 4.78 is 15.5. The SMILES string of the molecule is COC(=O)c1ccc(NC2CCN(c3nc(N)c4cc(OC)c(OC)cc4n3)CC2)cc1. The summed E-state index contributed by atoms with van der Waals surface area (Å²) in [6, 6.07) is 11.3. The maximum atomic E-state index is 11.6. The van der Waals surface area contributed by atoms with Crippen LogP contribution >= 0.6 is 0 Å². The van der Waals surface area contributed by atoms with Gasteiger partial charge in [0.2, 0.25) is 5.95 Å². The first-order chi connectivity index (χ1) is 15.5. The largest absolute Gasteiger partial charge is 0.493 e. The number of nitrogens with zero attached hydrogens (tertiary/aromatic N) is 3. The van der Waals surface area contributed by atoms with Crippen LogP contribution in [0.25, 0.3) is 10.9 Å². The van der Waals surface area contributed by atoms with Crippen molar-refractivity contribution in [3.63, 3.8) is 0 Å². The zero-order chi connectivity index (χ0) is 22.7. The molecular formula is C23H27N5O4. The Kier molecular flexibility index (Phi) is 6.16. The highest BCUT2D eigenvalue weighted by atomic mass is 16.5. The Bertz CT molecular complexity index is 1110. The third kappa shape index (κ3) is 4.32. The molecule has 1 fully saturated rings. The Hall–Kier alpha value is -3.75. The molecule has 4 rings (SSSR count). The van der Waals surface area contributed by atoms with Crippen LogP contribution in [0.1, 0.15) is 23.2 Å². The summed E-state index contributed by atoms with van der Waals surface area (Å²) >= 11 is 0. The molecule has 2 aromatic carbocycles. The van der Waals surface area contributed by atoms with E-state index in [1.165, 1.54) is 7.11 Å². The van der Waals surface area contributed by atoms with Crippen LogP contribution in [0.3, 0.4) is 0 Å². The molecule has 9 nitrogen and oxygen atoms in total. The summed E-state index contributed by atoms with van der Waals surface area (Å²) in [7, 11) is 4.55. The molecular weight excluding hydrogens is 410 g/mol. The predicted molar refractivity (Wildman–Crippen MR) is 124 cm³/mol. The Balaban J connectivity index is 1.44. The highest BCUT2D eigenvalue weighted by molar-refractivity contribution is 5.92. The molecule has 0 aliphatic carbocycles. The average Bonchev–Trinajstić information content (AvgIpc) is 2.83. The normalized spacial score (nSPS) is 14.3. The van der Waals surface area contributed by atoms with E-state index in [4.69, 9.17) is 24.9 Å². The number of nitrogens with one attached hydrogen (secondary N) is 1. The van der Waals surface area contributed by atoms with E-state index < -0.39 is 0 Å². The van der Waals surface area contributed by atoms with Gasteiger partial charge in [-0.25, -0.2) is 9.78 Å². The monoisotopic (exact) mass is 437 g/mol. The van der Waals surface area contributed by atoms with Gasteiger partial charge >= 0.3 is 5.97 Å². The van der Waals surface area contributed by atoms with Crippen molar-refractivity contribution in [2.75, 3.05) is 50.4 Å². The molecule has 0 spiro atoms. The van der Waals surface area contributed by atoms with Crippen LogP contribution in [-0.2, 0) is 4.74 Å². The summed E-state index contributed by atoms with van der Waals surface area (Å²) in [6.07, 6.45) is 1.85. The molecule has 1 aromatic heterocycles. The number of carbonyl (C=O) groups is 1. The van der Waals surface area contributed by atoms with Gasteiger partial charge in [0.05, 0.1) is 32.4 Å². The third-order valence-corrected chi connectivity index (χ3v) is 5.67. The molecule has 3 N–H and O–H groups in total. The smallest absolute Gasteiger partial charge is 0.337 e. The molecule has 9 heteroatoms. The van der Waals surface area contributed by atoms with Crippen molar-refractivity contribution in [3.05, 3.63) is 42.0 Å². The van der Waals surface area contributed by atoms with E-state index in [0.717, 1.165) is 42.5 Å². The van der Waals surface area contributed by atoms with E-state index in [2.05, 4.69) is 15.2 Å². The van der Waals surface area contributed by atoms with Crippen molar-refractivity contribution in [1.29, 1.82) is 0 Å². The van der Waals surface area contributed by atoms with Gasteiger partial charge in [-0.3, -0.25) is 0 Å². The number of carbonyl (C=O) groups excluding carboxylic acids is 1. The number of aromatic nitrogens is 2. The molecule has 1 aliphatic heterocycles. The van der Waals surface area contributed by atoms with Crippen LogP contribution in [0, 0.1) is 0 Å². The molecule has 3 aromatic rings. The standard InChI is InChI=1S/C23H27N5O4/c1-30-19-12-17-18(13-20(19)31-2)26-23(27-21(17)24)28-10-8-16(9-11-28)25-15-6-4-14(5-7-15)22(29)32-3/h4-7,12-13,16,25H,8-11H2,1-3H3,(H2,24,26,27). The van der Waals surface area contributed by atoms with Crippen molar-refractivity contribution >= 4 is 34.3 Å². The van der Waals surface area contributed by atoms with Crippen molar-refractivity contribution in [2.45, 2.75) is 18.9 Å². The zero-order valence-corrected chi connectivity index (χ0v) is 18.4. The lowest BCUT2D eigenvalue weighted by Crippen LogP contribution is -2.40. The van der Waals surface area contributed by atoms with Gasteiger partial charge in [-0.05, 0) is 43.2 Å². The molecule has 0 atom stereocenters. The quantitative estimate of drug-likeness (QED) is 0.562. The van der Waals surface area contributed by atoms with Gasteiger partial charge < -0.3 is 30.2 Å². The van der Waals surface area contributed by atoms with Crippen molar-refractivity contribution in [1.82, 2.24) is 9.97 Å². The van der Waals surface area contributed by atoms with Gasteiger partial charge in [-0.2, -0.15) is 4.98 Å². The summed E-state index contributed by atoms with van der Waals surface area (Å²) in [5.74, 6) is 1.88. The van der Waals surface area contributed by atoms with Crippen LogP contribution in [0.15, 0.2) is 36.4 Å². The maximum Gasteiger partial charge on any atom is 0.337 e. The molecule has 0 amide bonds. The second-order valence-electron chi connectivity index (χ2n) is 7.61. The van der Waals surface area contributed by atoms with Crippen LogP contribution in [-0.4, -0.2) is 56.4 Å². The van der Waals surface area contributed by atoms with Crippen molar-refractivity contribution < 1.29 is 19.0 Å². The first-order valence-corrected chi connectivity index (χ1v) is 10.4. The van der Waals surface area contributed by atoms with Crippen LogP contribution in [0.5, 0.6) is 11.5 Å². The minimum atomic E-state index is -0.337. The lowest BCUT2D eigenvalue weighted by atomic mass is 10.0. The summed E-state index contributed by atoms with van der Waals surface area (Å²) in [5.41, 5.74) is 8.46.